The first-order valence-corrected chi connectivity index (χ1v) is 5.73. The van der Waals surface area contributed by atoms with Crippen LogP contribution in [-0.4, -0.2) is 10.9 Å². The van der Waals surface area contributed by atoms with Crippen LogP contribution in [0.15, 0.2) is 49.2 Å². The highest BCUT2D eigenvalue weighted by atomic mass is 35.5. The summed E-state index contributed by atoms with van der Waals surface area (Å²) in [5.41, 5.74) is 1.50. The Bertz CT molecular complexity index is 579. The van der Waals surface area contributed by atoms with E-state index in [1.54, 1.807) is 36.5 Å². The van der Waals surface area contributed by atoms with Crippen LogP contribution in [0.2, 0.25) is 5.02 Å². The second kappa shape index (κ2) is 5.47. The highest BCUT2D eigenvalue weighted by Crippen LogP contribution is 2.18. The number of hydrogen-bond donors (Lipinski definition) is 1. The van der Waals surface area contributed by atoms with Crippen LogP contribution in [0.25, 0.3) is 6.08 Å². The van der Waals surface area contributed by atoms with Gasteiger partial charge in [-0.1, -0.05) is 36.4 Å². The van der Waals surface area contributed by atoms with Gasteiger partial charge in [-0.05, 0) is 29.8 Å². The predicted octanol–water partition coefficient (Wildman–Crippen LogP) is 3.63. The first kappa shape index (κ1) is 12.3. The molecule has 0 atom stereocenters. The van der Waals surface area contributed by atoms with E-state index in [2.05, 4.69) is 16.9 Å². The van der Waals surface area contributed by atoms with E-state index < -0.39 is 0 Å². The molecule has 0 saturated carbocycles. The fourth-order valence-corrected chi connectivity index (χ4v) is 1.60. The molecule has 0 fully saturated rings. The summed E-state index contributed by atoms with van der Waals surface area (Å²) >= 11 is 5.91. The SMILES string of the molecule is C=Cc1ccc(C(=O)Nc2ncccc2Cl)cc1. The smallest absolute Gasteiger partial charge is 0.256 e. The van der Waals surface area contributed by atoms with E-state index in [-0.39, 0.29) is 5.91 Å². The fourth-order valence-electron chi connectivity index (χ4n) is 1.43. The second-order valence-corrected chi connectivity index (χ2v) is 4.02. The maximum atomic E-state index is 11.9. The van der Waals surface area contributed by atoms with Gasteiger partial charge in [-0.15, -0.1) is 0 Å². The molecule has 2 aromatic rings. The maximum Gasteiger partial charge on any atom is 0.256 e. The molecule has 0 aliphatic carbocycles. The van der Waals surface area contributed by atoms with Crippen molar-refractivity contribution in [2.45, 2.75) is 0 Å². The topological polar surface area (TPSA) is 42.0 Å². The van der Waals surface area contributed by atoms with Gasteiger partial charge in [0.1, 0.15) is 0 Å². The Morgan fingerprint density at radius 2 is 2.00 bits per heavy atom. The van der Waals surface area contributed by atoms with Crippen LogP contribution in [0, 0.1) is 0 Å². The van der Waals surface area contributed by atoms with Crippen LogP contribution >= 0.6 is 11.6 Å². The van der Waals surface area contributed by atoms with Crippen molar-refractivity contribution in [1.29, 1.82) is 0 Å². The highest BCUT2D eigenvalue weighted by molar-refractivity contribution is 6.33. The van der Waals surface area contributed by atoms with Crippen molar-refractivity contribution in [2.24, 2.45) is 0 Å². The molecule has 18 heavy (non-hydrogen) atoms. The van der Waals surface area contributed by atoms with Gasteiger partial charge in [0.25, 0.3) is 5.91 Å². The molecular weight excluding hydrogens is 248 g/mol. The molecule has 90 valence electrons. The molecule has 0 unspecified atom stereocenters. The van der Waals surface area contributed by atoms with Gasteiger partial charge in [-0.3, -0.25) is 4.79 Å². The van der Waals surface area contributed by atoms with Gasteiger partial charge in [0.15, 0.2) is 5.82 Å². The minimum absolute atomic E-state index is 0.244. The Morgan fingerprint density at radius 1 is 1.28 bits per heavy atom. The zero-order valence-corrected chi connectivity index (χ0v) is 10.3. The molecule has 0 aliphatic rings. The molecule has 0 bridgehead atoms. The summed E-state index contributed by atoms with van der Waals surface area (Å²) in [6.07, 6.45) is 3.29. The number of benzene rings is 1. The number of aromatic nitrogens is 1. The van der Waals surface area contributed by atoms with Gasteiger partial charge in [0.05, 0.1) is 5.02 Å². The van der Waals surface area contributed by atoms with Crippen LogP contribution in [-0.2, 0) is 0 Å². The summed E-state index contributed by atoms with van der Waals surface area (Å²) in [7, 11) is 0. The molecule has 1 amide bonds. The van der Waals surface area contributed by atoms with Crippen LogP contribution in [0.3, 0.4) is 0 Å². The number of rotatable bonds is 3. The Morgan fingerprint density at radius 3 is 2.61 bits per heavy atom. The minimum atomic E-state index is -0.244. The van der Waals surface area contributed by atoms with Crippen molar-refractivity contribution in [3.05, 3.63) is 65.3 Å². The molecule has 0 radical (unpaired) electrons. The average Bonchev–Trinajstić information content (AvgIpc) is 2.41. The number of halogens is 1. The zero-order chi connectivity index (χ0) is 13.0. The molecule has 1 N–H and O–H groups in total. The van der Waals surface area contributed by atoms with Crippen molar-refractivity contribution < 1.29 is 4.79 Å². The van der Waals surface area contributed by atoms with E-state index >= 15 is 0 Å². The van der Waals surface area contributed by atoms with E-state index in [4.69, 9.17) is 11.6 Å². The minimum Gasteiger partial charge on any atom is -0.305 e. The summed E-state index contributed by atoms with van der Waals surface area (Å²) in [5.74, 6) is 0.114. The predicted molar refractivity (Wildman–Crippen MR) is 73.7 cm³/mol. The number of hydrogen-bond acceptors (Lipinski definition) is 2. The number of amides is 1. The first-order chi connectivity index (χ1) is 8.70. The highest BCUT2D eigenvalue weighted by Gasteiger charge is 2.08. The Balaban J connectivity index is 2.17. The van der Waals surface area contributed by atoms with Crippen molar-refractivity contribution in [1.82, 2.24) is 4.98 Å². The Labute approximate surface area is 110 Å². The van der Waals surface area contributed by atoms with Crippen molar-refractivity contribution in [3.8, 4) is 0 Å². The van der Waals surface area contributed by atoms with Gasteiger partial charge in [0.2, 0.25) is 0 Å². The maximum absolute atomic E-state index is 11.9. The van der Waals surface area contributed by atoms with E-state index in [0.717, 1.165) is 5.56 Å². The summed E-state index contributed by atoms with van der Waals surface area (Å²) in [4.78, 5) is 15.9. The lowest BCUT2D eigenvalue weighted by Gasteiger charge is -2.05. The normalized spacial score (nSPS) is 9.83. The van der Waals surface area contributed by atoms with Crippen molar-refractivity contribution >= 4 is 29.4 Å². The van der Waals surface area contributed by atoms with Gasteiger partial charge < -0.3 is 5.32 Å². The van der Waals surface area contributed by atoms with Crippen LogP contribution < -0.4 is 5.32 Å². The van der Waals surface area contributed by atoms with Gasteiger partial charge in [-0.25, -0.2) is 4.98 Å². The molecule has 0 aliphatic heterocycles. The number of carbonyl (C=O) groups is 1. The molecular formula is C14H11ClN2O. The lowest BCUT2D eigenvalue weighted by molar-refractivity contribution is 0.102. The Hall–Kier alpha value is -2.13. The van der Waals surface area contributed by atoms with Crippen LogP contribution in [0.1, 0.15) is 15.9 Å². The molecule has 0 spiro atoms. The van der Waals surface area contributed by atoms with Crippen LogP contribution in [0.5, 0.6) is 0 Å². The monoisotopic (exact) mass is 258 g/mol. The molecule has 3 nitrogen and oxygen atoms in total. The number of nitrogens with one attached hydrogen (secondary N) is 1. The van der Waals surface area contributed by atoms with E-state index in [1.165, 1.54) is 0 Å². The standard InChI is InChI=1S/C14H11ClN2O/c1-2-10-5-7-11(8-6-10)14(18)17-13-12(15)4-3-9-16-13/h2-9H,1H2,(H,16,17,18). The third-order valence-electron chi connectivity index (χ3n) is 2.40. The van der Waals surface area contributed by atoms with E-state index in [0.29, 0.717) is 16.4 Å². The fraction of sp³-hybridized carbons (Fsp3) is 0. The van der Waals surface area contributed by atoms with Crippen molar-refractivity contribution in [2.75, 3.05) is 5.32 Å². The number of carbonyl (C=O) groups excluding carboxylic acids is 1. The van der Waals surface area contributed by atoms with E-state index in [1.807, 2.05) is 12.1 Å². The summed E-state index contributed by atoms with van der Waals surface area (Å²) in [5, 5.41) is 3.07. The average molecular weight is 259 g/mol. The lowest BCUT2D eigenvalue weighted by Crippen LogP contribution is -2.13. The third-order valence-corrected chi connectivity index (χ3v) is 2.70. The number of nitrogens with zero attached hydrogens (tertiary/aromatic N) is 1. The molecule has 1 heterocycles. The number of anilines is 1. The largest absolute Gasteiger partial charge is 0.305 e. The molecule has 1 aromatic carbocycles. The molecule has 0 saturated heterocycles. The van der Waals surface area contributed by atoms with E-state index in [9.17, 15) is 4.79 Å². The van der Waals surface area contributed by atoms with Gasteiger partial charge in [-0.2, -0.15) is 0 Å². The summed E-state index contributed by atoms with van der Waals surface area (Å²) in [6.45, 7) is 3.66. The summed E-state index contributed by atoms with van der Waals surface area (Å²) in [6, 6.07) is 10.5. The Kier molecular flexibility index (Phi) is 3.75. The molecule has 4 heteroatoms. The quantitative estimate of drug-likeness (QED) is 0.913. The molecule has 1 aromatic heterocycles. The number of pyridine rings is 1. The molecule has 2 rings (SSSR count). The first-order valence-electron chi connectivity index (χ1n) is 5.35. The lowest BCUT2D eigenvalue weighted by atomic mass is 10.1. The van der Waals surface area contributed by atoms with Crippen LogP contribution in [0.4, 0.5) is 5.82 Å². The van der Waals surface area contributed by atoms with Gasteiger partial charge in [0, 0.05) is 11.8 Å². The second-order valence-electron chi connectivity index (χ2n) is 3.61. The zero-order valence-electron chi connectivity index (χ0n) is 9.56. The van der Waals surface area contributed by atoms with Crippen molar-refractivity contribution in [3.63, 3.8) is 0 Å². The third kappa shape index (κ3) is 2.76. The summed E-state index contributed by atoms with van der Waals surface area (Å²) < 4.78 is 0. The van der Waals surface area contributed by atoms with Gasteiger partial charge >= 0.3 is 0 Å².